The average Bonchev–Trinajstić information content (AvgIpc) is 2.58. The summed E-state index contributed by atoms with van der Waals surface area (Å²) in [6.07, 6.45) is -4.01. The maximum absolute atomic E-state index is 13.4. The minimum atomic E-state index is -4.30. The molecule has 4 nitrogen and oxygen atoms in total. The SMILES string of the molecule is CCN(CC)CCN(CCC(F)(F)F)c1cnc2cc(F)c(F)cc2n1. The number of rotatable bonds is 8. The molecule has 0 aliphatic rings. The fourth-order valence-electron chi connectivity index (χ4n) is 2.56. The number of fused-ring (bicyclic) bond motifs is 1. The van der Waals surface area contributed by atoms with Crippen molar-refractivity contribution in [3.05, 3.63) is 30.0 Å². The van der Waals surface area contributed by atoms with E-state index in [0.29, 0.717) is 13.1 Å². The summed E-state index contributed by atoms with van der Waals surface area (Å²) in [7, 11) is 0. The molecular formula is C17H21F5N4. The number of benzene rings is 1. The van der Waals surface area contributed by atoms with Gasteiger partial charge in [-0.15, -0.1) is 0 Å². The van der Waals surface area contributed by atoms with Crippen molar-refractivity contribution < 1.29 is 22.0 Å². The van der Waals surface area contributed by atoms with Crippen LogP contribution in [-0.2, 0) is 0 Å². The van der Waals surface area contributed by atoms with E-state index < -0.39 is 24.2 Å². The molecule has 1 aromatic heterocycles. The van der Waals surface area contributed by atoms with Gasteiger partial charge in [-0.25, -0.2) is 13.8 Å². The number of hydrogen-bond acceptors (Lipinski definition) is 4. The number of hydrogen-bond donors (Lipinski definition) is 0. The van der Waals surface area contributed by atoms with Crippen LogP contribution in [0.15, 0.2) is 18.3 Å². The summed E-state index contributed by atoms with van der Waals surface area (Å²) in [5.41, 5.74) is 0.244. The monoisotopic (exact) mass is 376 g/mol. The van der Waals surface area contributed by atoms with Crippen molar-refractivity contribution in [2.24, 2.45) is 0 Å². The van der Waals surface area contributed by atoms with Crippen LogP contribution in [0.1, 0.15) is 20.3 Å². The van der Waals surface area contributed by atoms with Crippen molar-refractivity contribution in [3.8, 4) is 0 Å². The van der Waals surface area contributed by atoms with Gasteiger partial charge >= 0.3 is 6.18 Å². The molecule has 0 bridgehead atoms. The largest absolute Gasteiger partial charge is 0.390 e. The van der Waals surface area contributed by atoms with E-state index in [4.69, 9.17) is 0 Å². The highest BCUT2D eigenvalue weighted by atomic mass is 19.4. The first-order chi connectivity index (χ1) is 12.2. The van der Waals surface area contributed by atoms with Gasteiger partial charge in [-0.2, -0.15) is 13.2 Å². The fraction of sp³-hybridized carbons (Fsp3) is 0.529. The molecule has 9 heteroatoms. The number of halogens is 5. The quantitative estimate of drug-likeness (QED) is 0.652. The normalized spacial score (nSPS) is 12.2. The molecular weight excluding hydrogens is 355 g/mol. The van der Waals surface area contributed by atoms with E-state index in [1.165, 1.54) is 11.1 Å². The standard InChI is InChI=1S/C17H21F5N4/c1-3-25(4-2)7-8-26(6-5-17(20,21)22)16-11-23-14-9-12(18)13(19)10-15(14)24-16/h9-11H,3-8H2,1-2H3. The predicted molar refractivity (Wildman–Crippen MR) is 90.1 cm³/mol. The summed E-state index contributed by atoms with van der Waals surface area (Å²) in [6.45, 7) is 6.08. The summed E-state index contributed by atoms with van der Waals surface area (Å²) in [5, 5.41) is 0. The second kappa shape index (κ2) is 8.57. The van der Waals surface area contributed by atoms with E-state index in [1.807, 2.05) is 13.8 Å². The lowest BCUT2D eigenvalue weighted by molar-refractivity contribution is -0.132. The molecule has 0 spiro atoms. The lowest BCUT2D eigenvalue weighted by Gasteiger charge is -2.27. The van der Waals surface area contributed by atoms with Crippen molar-refractivity contribution >= 4 is 16.9 Å². The highest BCUT2D eigenvalue weighted by Gasteiger charge is 2.28. The van der Waals surface area contributed by atoms with Crippen LogP contribution in [0.5, 0.6) is 0 Å². The van der Waals surface area contributed by atoms with Crippen LogP contribution < -0.4 is 4.90 Å². The number of nitrogens with zero attached hydrogens (tertiary/aromatic N) is 4. The first-order valence-corrected chi connectivity index (χ1v) is 8.39. The van der Waals surface area contributed by atoms with Gasteiger partial charge in [0, 0.05) is 31.8 Å². The van der Waals surface area contributed by atoms with Gasteiger partial charge in [-0.3, -0.25) is 4.98 Å². The van der Waals surface area contributed by atoms with E-state index >= 15 is 0 Å². The lowest BCUT2D eigenvalue weighted by Crippen LogP contribution is -2.37. The zero-order valence-electron chi connectivity index (χ0n) is 14.7. The molecule has 1 aromatic carbocycles. The molecule has 0 amide bonds. The van der Waals surface area contributed by atoms with Gasteiger partial charge in [0.25, 0.3) is 0 Å². The van der Waals surface area contributed by atoms with Crippen LogP contribution in [-0.4, -0.2) is 53.8 Å². The highest BCUT2D eigenvalue weighted by molar-refractivity contribution is 5.75. The van der Waals surface area contributed by atoms with E-state index in [1.54, 1.807) is 0 Å². The summed E-state index contributed by atoms with van der Waals surface area (Å²) in [5.74, 6) is -1.91. The summed E-state index contributed by atoms with van der Waals surface area (Å²) in [4.78, 5) is 11.7. The molecule has 144 valence electrons. The topological polar surface area (TPSA) is 32.3 Å². The van der Waals surface area contributed by atoms with Crippen molar-refractivity contribution in [1.29, 1.82) is 0 Å². The van der Waals surface area contributed by atoms with Crippen LogP contribution in [0, 0.1) is 11.6 Å². The highest BCUT2D eigenvalue weighted by Crippen LogP contribution is 2.23. The first kappa shape index (κ1) is 20.3. The van der Waals surface area contributed by atoms with Crippen LogP contribution in [0.25, 0.3) is 11.0 Å². The third kappa shape index (κ3) is 5.48. The van der Waals surface area contributed by atoms with Gasteiger partial charge in [-0.1, -0.05) is 13.8 Å². The second-order valence-electron chi connectivity index (χ2n) is 5.86. The second-order valence-corrected chi connectivity index (χ2v) is 5.86. The van der Waals surface area contributed by atoms with Gasteiger partial charge in [0.1, 0.15) is 5.82 Å². The Morgan fingerprint density at radius 1 is 0.923 bits per heavy atom. The number of likely N-dealkylation sites (N-methyl/N-ethyl adjacent to an activating group) is 1. The molecule has 2 aromatic rings. The van der Waals surface area contributed by atoms with Gasteiger partial charge in [0.15, 0.2) is 11.6 Å². The molecule has 0 aliphatic heterocycles. The maximum atomic E-state index is 13.4. The van der Waals surface area contributed by atoms with E-state index in [0.717, 1.165) is 25.2 Å². The molecule has 0 aliphatic carbocycles. The Hall–Kier alpha value is -2.03. The number of aromatic nitrogens is 2. The summed E-state index contributed by atoms with van der Waals surface area (Å²) < 4.78 is 64.6. The van der Waals surface area contributed by atoms with Crippen LogP contribution in [0.2, 0.25) is 0 Å². The Morgan fingerprint density at radius 2 is 1.54 bits per heavy atom. The predicted octanol–water partition coefficient (Wildman–Crippen LogP) is 4.01. The molecule has 1 heterocycles. The third-order valence-electron chi connectivity index (χ3n) is 4.14. The Kier molecular flexibility index (Phi) is 6.69. The van der Waals surface area contributed by atoms with Crippen molar-refractivity contribution in [3.63, 3.8) is 0 Å². The molecule has 0 radical (unpaired) electrons. The summed E-state index contributed by atoms with van der Waals surface area (Å²) in [6, 6.07) is 1.81. The van der Waals surface area contributed by atoms with Gasteiger partial charge in [-0.05, 0) is 13.1 Å². The molecule has 0 atom stereocenters. The van der Waals surface area contributed by atoms with Crippen molar-refractivity contribution in [2.45, 2.75) is 26.4 Å². The number of anilines is 1. The van der Waals surface area contributed by atoms with Crippen LogP contribution >= 0.6 is 0 Å². The zero-order valence-corrected chi connectivity index (χ0v) is 14.7. The maximum Gasteiger partial charge on any atom is 0.390 e. The summed E-state index contributed by atoms with van der Waals surface area (Å²) >= 11 is 0. The minimum Gasteiger partial charge on any atom is -0.354 e. The fourth-order valence-corrected chi connectivity index (χ4v) is 2.56. The van der Waals surface area contributed by atoms with Crippen LogP contribution in [0.3, 0.4) is 0 Å². The lowest BCUT2D eigenvalue weighted by atomic mass is 10.2. The smallest absolute Gasteiger partial charge is 0.354 e. The molecule has 0 N–H and O–H groups in total. The third-order valence-corrected chi connectivity index (χ3v) is 4.14. The van der Waals surface area contributed by atoms with Gasteiger partial charge in [0.05, 0.1) is 23.7 Å². The Labute approximate surface area is 148 Å². The van der Waals surface area contributed by atoms with Gasteiger partial charge < -0.3 is 9.80 Å². The Balaban J connectivity index is 2.27. The molecule has 0 unspecified atom stereocenters. The average molecular weight is 376 g/mol. The number of alkyl halides is 3. The molecule has 26 heavy (non-hydrogen) atoms. The van der Waals surface area contributed by atoms with Crippen LogP contribution in [0.4, 0.5) is 27.8 Å². The van der Waals surface area contributed by atoms with E-state index in [2.05, 4.69) is 14.9 Å². The van der Waals surface area contributed by atoms with E-state index in [9.17, 15) is 22.0 Å². The minimum absolute atomic E-state index is 0.0984. The van der Waals surface area contributed by atoms with Crippen molar-refractivity contribution in [1.82, 2.24) is 14.9 Å². The Morgan fingerprint density at radius 3 is 2.12 bits per heavy atom. The van der Waals surface area contributed by atoms with E-state index in [-0.39, 0.29) is 23.4 Å². The Bertz CT molecular complexity index is 731. The molecule has 0 fully saturated rings. The van der Waals surface area contributed by atoms with Crippen molar-refractivity contribution in [2.75, 3.05) is 37.6 Å². The zero-order chi connectivity index (χ0) is 19.3. The molecule has 0 saturated heterocycles. The molecule has 2 rings (SSSR count). The van der Waals surface area contributed by atoms with Gasteiger partial charge in [0.2, 0.25) is 0 Å². The first-order valence-electron chi connectivity index (χ1n) is 8.39. The molecule has 0 saturated carbocycles.